The van der Waals surface area contributed by atoms with Crippen molar-refractivity contribution >= 4 is 5.97 Å². The molecular formula is C16H16O4. The number of carbonyl (C=O) groups excluding carboxylic acids is 1. The van der Waals surface area contributed by atoms with Crippen LogP contribution in [0.2, 0.25) is 0 Å². The number of esters is 1. The highest BCUT2D eigenvalue weighted by atomic mass is 16.5. The lowest BCUT2D eigenvalue weighted by Gasteiger charge is -2.26. The Morgan fingerprint density at radius 2 is 1.50 bits per heavy atom. The third-order valence-electron chi connectivity index (χ3n) is 3.18. The fraction of sp³-hybridized carbons (Fsp3) is 0.188. The number of hydrogen-bond acceptors (Lipinski definition) is 4. The third kappa shape index (κ3) is 2.38. The lowest BCUT2D eigenvalue weighted by Crippen LogP contribution is -2.37. The van der Waals surface area contributed by atoms with Crippen LogP contribution in [0.3, 0.4) is 0 Å². The molecule has 0 saturated heterocycles. The summed E-state index contributed by atoms with van der Waals surface area (Å²) in [5.74, 6) is -0.0807. The number of methoxy groups -OCH3 is 2. The minimum atomic E-state index is -1.83. The zero-order chi connectivity index (χ0) is 14.6. The van der Waals surface area contributed by atoms with E-state index in [0.29, 0.717) is 16.9 Å². The molecule has 0 aliphatic heterocycles. The van der Waals surface area contributed by atoms with E-state index < -0.39 is 11.6 Å². The van der Waals surface area contributed by atoms with Crippen LogP contribution < -0.4 is 4.74 Å². The fourth-order valence-electron chi connectivity index (χ4n) is 2.06. The molecule has 0 unspecified atom stereocenters. The lowest BCUT2D eigenvalue weighted by molar-refractivity contribution is -0.158. The second-order valence-electron chi connectivity index (χ2n) is 4.30. The second kappa shape index (κ2) is 5.75. The monoisotopic (exact) mass is 272 g/mol. The van der Waals surface area contributed by atoms with E-state index in [0.717, 1.165) is 0 Å². The van der Waals surface area contributed by atoms with Crippen LogP contribution in [0.1, 0.15) is 11.1 Å². The molecule has 0 aliphatic rings. The quantitative estimate of drug-likeness (QED) is 0.866. The van der Waals surface area contributed by atoms with Gasteiger partial charge in [0.25, 0.3) is 0 Å². The van der Waals surface area contributed by atoms with Gasteiger partial charge in [-0.25, -0.2) is 4.79 Å². The van der Waals surface area contributed by atoms with Crippen LogP contribution >= 0.6 is 0 Å². The summed E-state index contributed by atoms with van der Waals surface area (Å²) in [5.41, 5.74) is -0.948. The number of benzene rings is 2. The van der Waals surface area contributed by atoms with Gasteiger partial charge in [0.15, 0.2) is 0 Å². The average molecular weight is 272 g/mol. The molecule has 4 nitrogen and oxygen atoms in total. The van der Waals surface area contributed by atoms with Crippen molar-refractivity contribution < 1.29 is 19.4 Å². The number of rotatable bonds is 4. The summed E-state index contributed by atoms with van der Waals surface area (Å²) < 4.78 is 9.84. The minimum absolute atomic E-state index is 0.427. The van der Waals surface area contributed by atoms with Gasteiger partial charge in [-0.2, -0.15) is 0 Å². The molecule has 0 amide bonds. The van der Waals surface area contributed by atoms with Crippen LogP contribution in [0, 0.1) is 0 Å². The van der Waals surface area contributed by atoms with E-state index in [2.05, 4.69) is 0 Å². The zero-order valence-electron chi connectivity index (χ0n) is 11.4. The van der Waals surface area contributed by atoms with Crippen molar-refractivity contribution in [3.8, 4) is 5.75 Å². The van der Waals surface area contributed by atoms with Crippen molar-refractivity contribution in [2.75, 3.05) is 14.2 Å². The van der Waals surface area contributed by atoms with Crippen molar-refractivity contribution in [1.29, 1.82) is 0 Å². The molecule has 104 valence electrons. The summed E-state index contributed by atoms with van der Waals surface area (Å²) in [7, 11) is 2.80. The van der Waals surface area contributed by atoms with E-state index in [-0.39, 0.29) is 0 Å². The van der Waals surface area contributed by atoms with Crippen molar-refractivity contribution in [2.45, 2.75) is 5.60 Å². The molecule has 0 fully saturated rings. The molecule has 20 heavy (non-hydrogen) atoms. The summed E-state index contributed by atoms with van der Waals surface area (Å²) in [5, 5.41) is 10.9. The normalized spacial score (nSPS) is 13.3. The average Bonchev–Trinajstić information content (AvgIpc) is 2.54. The van der Waals surface area contributed by atoms with Gasteiger partial charge >= 0.3 is 5.97 Å². The predicted octanol–water partition coefficient (Wildman–Crippen LogP) is 2.10. The standard InChI is InChI=1S/C16H16O4/c1-19-14-10-8-13(9-11-14)16(18,15(17)20-2)12-6-4-3-5-7-12/h3-11,18H,1-2H3/t16-/m0/s1. The van der Waals surface area contributed by atoms with Crippen molar-refractivity contribution in [2.24, 2.45) is 0 Å². The lowest BCUT2D eigenvalue weighted by atomic mass is 9.86. The number of ether oxygens (including phenoxy) is 2. The Morgan fingerprint density at radius 1 is 0.950 bits per heavy atom. The number of carbonyl (C=O) groups is 1. The Kier molecular flexibility index (Phi) is 4.05. The van der Waals surface area contributed by atoms with Crippen LogP contribution in [0.5, 0.6) is 5.75 Å². The maximum atomic E-state index is 12.1. The van der Waals surface area contributed by atoms with Crippen LogP contribution in [0.15, 0.2) is 54.6 Å². The van der Waals surface area contributed by atoms with E-state index in [1.807, 2.05) is 6.07 Å². The number of aliphatic hydroxyl groups is 1. The molecular weight excluding hydrogens is 256 g/mol. The number of hydrogen-bond donors (Lipinski definition) is 1. The molecule has 0 spiro atoms. The highest BCUT2D eigenvalue weighted by molar-refractivity contribution is 5.85. The van der Waals surface area contributed by atoms with Crippen LogP contribution in [0.4, 0.5) is 0 Å². The molecule has 0 aromatic heterocycles. The molecule has 2 aromatic rings. The molecule has 2 aromatic carbocycles. The fourth-order valence-corrected chi connectivity index (χ4v) is 2.06. The van der Waals surface area contributed by atoms with Gasteiger partial charge in [0, 0.05) is 0 Å². The molecule has 1 atom stereocenters. The summed E-state index contributed by atoms with van der Waals surface area (Å²) in [6.45, 7) is 0. The Bertz CT molecular complexity index is 577. The summed E-state index contributed by atoms with van der Waals surface area (Å²) in [6, 6.07) is 15.3. The first-order valence-corrected chi connectivity index (χ1v) is 6.13. The first-order valence-electron chi connectivity index (χ1n) is 6.13. The van der Waals surface area contributed by atoms with Crippen molar-refractivity contribution in [1.82, 2.24) is 0 Å². The van der Waals surface area contributed by atoms with Gasteiger partial charge in [-0.15, -0.1) is 0 Å². The van der Waals surface area contributed by atoms with E-state index >= 15 is 0 Å². The Balaban J connectivity index is 2.54. The van der Waals surface area contributed by atoms with Crippen LogP contribution in [-0.4, -0.2) is 25.3 Å². The topological polar surface area (TPSA) is 55.8 Å². The summed E-state index contributed by atoms with van der Waals surface area (Å²) in [4.78, 5) is 12.1. The first kappa shape index (κ1) is 14.1. The molecule has 0 bridgehead atoms. The molecule has 0 radical (unpaired) electrons. The summed E-state index contributed by atoms with van der Waals surface area (Å²) in [6.07, 6.45) is 0. The van der Waals surface area contributed by atoms with Gasteiger partial charge < -0.3 is 14.6 Å². The minimum Gasteiger partial charge on any atom is -0.497 e. The largest absolute Gasteiger partial charge is 0.497 e. The predicted molar refractivity (Wildman–Crippen MR) is 74.5 cm³/mol. The van der Waals surface area contributed by atoms with Crippen molar-refractivity contribution in [3.63, 3.8) is 0 Å². The molecule has 0 aliphatic carbocycles. The SMILES string of the molecule is COC(=O)[C@](O)(c1ccccc1)c1ccc(OC)cc1. The van der Waals surface area contributed by atoms with Crippen molar-refractivity contribution in [3.05, 3.63) is 65.7 Å². The molecule has 4 heteroatoms. The van der Waals surface area contributed by atoms with E-state index in [4.69, 9.17) is 9.47 Å². The van der Waals surface area contributed by atoms with Gasteiger partial charge in [-0.3, -0.25) is 0 Å². The zero-order valence-corrected chi connectivity index (χ0v) is 11.4. The van der Waals surface area contributed by atoms with Crippen LogP contribution in [0.25, 0.3) is 0 Å². The van der Waals surface area contributed by atoms with Gasteiger partial charge in [0.2, 0.25) is 5.60 Å². The maximum absolute atomic E-state index is 12.1. The highest BCUT2D eigenvalue weighted by Crippen LogP contribution is 2.31. The van der Waals surface area contributed by atoms with Gasteiger partial charge in [-0.1, -0.05) is 42.5 Å². The molecule has 0 heterocycles. The van der Waals surface area contributed by atoms with Gasteiger partial charge in [0.05, 0.1) is 14.2 Å². The summed E-state index contributed by atoms with van der Waals surface area (Å²) >= 11 is 0. The van der Waals surface area contributed by atoms with Gasteiger partial charge in [-0.05, 0) is 23.3 Å². The van der Waals surface area contributed by atoms with Gasteiger partial charge in [0.1, 0.15) is 5.75 Å². The highest BCUT2D eigenvalue weighted by Gasteiger charge is 2.41. The Labute approximate surface area is 117 Å². The smallest absolute Gasteiger partial charge is 0.347 e. The first-order chi connectivity index (χ1) is 9.62. The Hall–Kier alpha value is -2.33. The van der Waals surface area contributed by atoms with E-state index in [9.17, 15) is 9.90 Å². The van der Waals surface area contributed by atoms with E-state index in [1.54, 1.807) is 55.6 Å². The maximum Gasteiger partial charge on any atom is 0.347 e. The molecule has 2 rings (SSSR count). The second-order valence-corrected chi connectivity index (χ2v) is 4.30. The molecule has 0 saturated carbocycles. The Morgan fingerprint density at radius 3 is 2.00 bits per heavy atom. The third-order valence-corrected chi connectivity index (χ3v) is 3.18. The van der Waals surface area contributed by atoms with Crippen LogP contribution in [-0.2, 0) is 15.1 Å². The van der Waals surface area contributed by atoms with E-state index in [1.165, 1.54) is 7.11 Å². The molecule has 1 N–H and O–H groups in total.